The lowest BCUT2D eigenvalue weighted by Gasteiger charge is -2.05. The van der Waals surface area contributed by atoms with E-state index >= 15 is 0 Å². The van der Waals surface area contributed by atoms with Crippen LogP contribution in [-0.2, 0) is 0 Å². The third-order valence-electron chi connectivity index (χ3n) is 4.03. The highest BCUT2D eigenvalue weighted by Gasteiger charge is 2.00. The summed E-state index contributed by atoms with van der Waals surface area (Å²) in [5.74, 6) is 0.723. The summed E-state index contributed by atoms with van der Waals surface area (Å²) in [6.45, 7) is 2.11. The summed E-state index contributed by atoms with van der Waals surface area (Å²) in [7, 11) is -0.284. The number of aryl methyl sites for hydroxylation is 1. The van der Waals surface area contributed by atoms with E-state index in [1.54, 1.807) is 0 Å². The highest BCUT2D eigenvalue weighted by atomic mass is 79.9. The minimum absolute atomic E-state index is 0.284. The molecule has 124 valence electrons. The third-order valence-corrected chi connectivity index (χ3v) is 5.08. The molecule has 25 heavy (non-hydrogen) atoms. The van der Waals surface area contributed by atoms with Gasteiger partial charge in [-0.1, -0.05) is 72.8 Å². The van der Waals surface area contributed by atoms with E-state index in [-0.39, 0.29) is 7.69 Å². The maximum Gasteiger partial charge on any atom is 0.504 e. The maximum absolute atomic E-state index is 8.66. The van der Waals surface area contributed by atoms with Crippen LogP contribution in [0.15, 0.2) is 83.3 Å². The molecular weight excluding hydrogens is 375 g/mol. The quantitative estimate of drug-likeness (QED) is 0.463. The minimum atomic E-state index is -0.284. The normalized spacial score (nSPS) is 10.2. The van der Waals surface area contributed by atoms with Crippen LogP contribution < -0.4 is 4.65 Å². The molecule has 2 nitrogen and oxygen atoms in total. The zero-order valence-corrected chi connectivity index (χ0v) is 15.5. The first-order chi connectivity index (χ1) is 12.2. The predicted octanol–water partition coefficient (Wildman–Crippen LogP) is 5.39. The molecular formula is C21H18BBrO2. The molecule has 0 heterocycles. The fourth-order valence-electron chi connectivity index (χ4n) is 2.73. The van der Waals surface area contributed by atoms with Crippen LogP contribution in [0.1, 0.15) is 5.56 Å². The maximum atomic E-state index is 8.66. The van der Waals surface area contributed by atoms with Gasteiger partial charge in [0.15, 0.2) is 0 Å². The first kappa shape index (κ1) is 17.5. The Kier molecular flexibility index (Phi) is 5.74. The van der Waals surface area contributed by atoms with E-state index < -0.39 is 0 Å². The van der Waals surface area contributed by atoms with Gasteiger partial charge in [0.25, 0.3) is 0 Å². The SMILES string of the molecule is Cc1ccc2ccccc2c1Br.OBOc1cccc2ccccc12. The fourth-order valence-corrected chi connectivity index (χ4v) is 3.23. The van der Waals surface area contributed by atoms with Gasteiger partial charge in [-0.3, -0.25) is 0 Å². The molecule has 0 bridgehead atoms. The van der Waals surface area contributed by atoms with Gasteiger partial charge in [-0.2, -0.15) is 0 Å². The third kappa shape index (κ3) is 4.03. The Bertz CT molecular complexity index is 996. The molecule has 0 spiro atoms. The average Bonchev–Trinajstić information content (AvgIpc) is 2.66. The molecule has 0 saturated heterocycles. The smallest absolute Gasteiger partial charge is 0.504 e. The molecule has 4 heteroatoms. The summed E-state index contributed by atoms with van der Waals surface area (Å²) >= 11 is 3.58. The molecule has 0 amide bonds. The Labute approximate surface area is 156 Å². The fraction of sp³-hybridized carbons (Fsp3) is 0.0476. The molecule has 0 fully saturated rings. The molecule has 0 radical (unpaired) electrons. The molecule has 0 aliphatic rings. The molecule has 0 aromatic heterocycles. The van der Waals surface area contributed by atoms with Crippen LogP contribution in [-0.4, -0.2) is 12.7 Å². The lowest BCUT2D eigenvalue weighted by Crippen LogP contribution is -1.99. The van der Waals surface area contributed by atoms with Crippen molar-refractivity contribution < 1.29 is 9.68 Å². The second-order valence-corrected chi connectivity index (χ2v) is 6.46. The molecule has 4 rings (SSSR count). The van der Waals surface area contributed by atoms with Crippen LogP contribution in [0.3, 0.4) is 0 Å². The van der Waals surface area contributed by atoms with Crippen molar-refractivity contribution in [2.24, 2.45) is 0 Å². The highest BCUT2D eigenvalue weighted by molar-refractivity contribution is 9.10. The monoisotopic (exact) mass is 392 g/mol. The molecule has 0 aliphatic carbocycles. The average molecular weight is 393 g/mol. The van der Waals surface area contributed by atoms with Crippen molar-refractivity contribution in [1.29, 1.82) is 0 Å². The van der Waals surface area contributed by atoms with E-state index in [0.29, 0.717) is 0 Å². The Hall–Kier alpha value is -2.30. The van der Waals surface area contributed by atoms with Crippen molar-refractivity contribution >= 4 is 45.2 Å². The van der Waals surface area contributed by atoms with Crippen LogP contribution in [0.4, 0.5) is 0 Å². The number of benzene rings is 4. The standard InChI is InChI=1S/C11H9Br.C10H9BO2/c1-8-6-7-9-4-2-3-5-10(9)11(8)12;12-11-13-10-7-3-5-8-4-1-2-6-9(8)10/h2-7H,1H3;1-7,11-12H. The summed E-state index contributed by atoms with van der Waals surface area (Å²) in [5.41, 5.74) is 1.29. The topological polar surface area (TPSA) is 29.5 Å². The number of rotatable bonds is 2. The molecule has 4 aromatic rings. The first-order valence-corrected chi connectivity index (χ1v) is 8.85. The van der Waals surface area contributed by atoms with E-state index in [9.17, 15) is 0 Å². The Morgan fingerprint density at radius 3 is 2.08 bits per heavy atom. The van der Waals surface area contributed by atoms with E-state index in [4.69, 9.17) is 9.68 Å². The van der Waals surface area contributed by atoms with Crippen molar-refractivity contribution in [2.45, 2.75) is 6.92 Å². The van der Waals surface area contributed by atoms with E-state index in [1.807, 2.05) is 42.5 Å². The Morgan fingerprint density at radius 1 is 0.760 bits per heavy atom. The van der Waals surface area contributed by atoms with Crippen molar-refractivity contribution in [3.63, 3.8) is 0 Å². The second-order valence-electron chi connectivity index (χ2n) is 5.67. The summed E-state index contributed by atoms with van der Waals surface area (Å²) in [5, 5.41) is 13.4. The Morgan fingerprint density at radius 2 is 1.36 bits per heavy atom. The van der Waals surface area contributed by atoms with Crippen LogP contribution >= 0.6 is 15.9 Å². The van der Waals surface area contributed by atoms with Gasteiger partial charge in [0.2, 0.25) is 0 Å². The summed E-state index contributed by atoms with van der Waals surface area (Å²) < 4.78 is 6.28. The zero-order chi connectivity index (χ0) is 17.6. The van der Waals surface area contributed by atoms with Gasteiger partial charge in [0.1, 0.15) is 5.75 Å². The second kappa shape index (κ2) is 8.19. The number of fused-ring (bicyclic) bond motifs is 2. The molecule has 0 saturated carbocycles. The molecule has 0 unspecified atom stereocenters. The van der Waals surface area contributed by atoms with Gasteiger partial charge in [-0.05, 0) is 50.6 Å². The summed E-state index contributed by atoms with van der Waals surface area (Å²) in [4.78, 5) is 0. The minimum Gasteiger partial charge on any atom is -0.538 e. The molecule has 4 aromatic carbocycles. The predicted molar refractivity (Wildman–Crippen MR) is 110 cm³/mol. The molecule has 0 atom stereocenters. The van der Waals surface area contributed by atoms with Crippen LogP contribution in [0.25, 0.3) is 21.5 Å². The van der Waals surface area contributed by atoms with Gasteiger partial charge < -0.3 is 9.68 Å². The van der Waals surface area contributed by atoms with Gasteiger partial charge in [-0.15, -0.1) is 0 Å². The lowest BCUT2D eigenvalue weighted by molar-refractivity contribution is 0.457. The van der Waals surface area contributed by atoms with Crippen LogP contribution in [0, 0.1) is 6.92 Å². The summed E-state index contributed by atoms with van der Waals surface area (Å²) in [6.07, 6.45) is 0. The van der Waals surface area contributed by atoms with Gasteiger partial charge in [-0.25, -0.2) is 0 Å². The lowest BCUT2D eigenvalue weighted by atomic mass is 10.1. The van der Waals surface area contributed by atoms with Gasteiger partial charge >= 0.3 is 7.69 Å². The van der Waals surface area contributed by atoms with E-state index in [0.717, 1.165) is 16.5 Å². The largest absolute Gasteiger partial charge is 0.538 e. The Balaban J connectivity index is 0.000000146. The number of halogens is 1. The van der Waals surface area contributed by atoms with Crippen molar-refractivity contribution in [3.05, 3.63) is 88.9 Å². The molecule has 0 aliphatic heterocycles. The number of hydrogen-bond acceptors (Lipinski definition) is 2. The van der Waals surface area contributed by atoms with Crippen LogP contribution in [0.5, 0.6) is 5.75 Å². The highest BCUT2D eigenvalue weighted by Crippen LogP contribution is 2.26. The van der Waals surface area contributed by atoms with Gasteiger partial charge in [0, 0.05) is 9.86 Å². The van der Waals surface area contributed by atoms with Crippen LogP contribution in [0.2, 0.25) is 0 Å². The van der Waals surface area contributed by atoms with Crippen molar-refractivity contribution in [2.75, 3.05) is 0 Å². The van der Waals surface area contributed by atoms with E-state index in [2.05, 4.69) is 59.3 Å². The molecule has 1 N–H and O–H groups in total. The van der Waals surface area contributed by atoms with E-state index in [1.165, 1.54) is 20.8 Å². The summed E-state index contributed by atoms with van der Waals surface area (Å²) in [6, 6.07) is 26.3. The van der Waals surface area contributed by atoms with Crippen molar-refractivity contribution in [1.82, 2.24) is 0 Å². The van der Waals surface area contributed by atoms with Gasteiger partial charge in [0.05, 0.1) is 0 Å². The van der Waals surface area contributed by atoms with Crippen molar-refractivity contribution in [3.8, 4) is 5.75 Å². The zero-order valence-electron chi connectivity index (χ0n) is 13.9. The number of hydrogen-bond donors (Lipinski definition) is 1. The first-order valence-electron chi connectivity index (χ1n) is 8.06.